The Morgan fingerprint density at radius 3 is 2.94 bits per heavy atom. The molecule has 0 fully saturated rings. The van der Waals surface area contributed by atoms with Crippen LogP contribution in [0.25, 0.3) is 0 Å². The summed E-state index contributed by atoms with van der Waals surface area (Å²) in [6.07, 6.45) is 2.07. The number of hydrogen-bond donors (Lipinski definition) is 1. The third-order valence-electron chi connectivity index (χ3n) is 2.68. The monoisotopic (exact) mass is 240 g/mol. The Balaban J connectivity index is 2.37. The molecular formula is C13H24N2O2. The normalized spacial score (nSPS) is 13.2. The van der Waals surface area contributed by atoms with Gasteiger partial charge in [0.1, 0.15) is 5.76 Å². The minimum absolute atomic E-state index is 0.246. The van der Waals surface area contributed by atoms with E-state index >= 15 is 0 Å². The lowest BCUT2D eigenvalue weighted by atomic mass is 10.3. The minimum Gasteiger partial charge on any atom is -0.468 e. The zero-order chi connectivity index (χ0) is 12.7. The van der Waals surface area contributed by atoms with Gasteiger partial charge >= 0.3 is 0 Å². The third kappa shape index (κ3) is 5.35. The lowest BCUT2D eigenvalue weighted by Crippen LogP contribution is -2.27. The standard InChI is InChI=1S/C13H24N2O2/c1-5-14-7-12-6-13(17-10-12)9-15(3)8-11(2)16-4/h6,10-11,14H,5,7-9H2,1-4H3. The second-order valence-electron chi connectivity index (χ2n) is 4.44. The molecule has 0 bridgehead atoms. The molecule has 98 valence electrons. The zero-order valence-electron chi connectivity index (χ0n) is 11.3. The van der Waals surface area contributed by atoms with E-state index in [1.54, 1.807) is 7.11 Å². The number of furan rings is 1. The highest BCUT2D eigenvalue weighted by Crippen LogP contribution is 2.10. The van der Waals surface area contributed by atoms with Crippen LogP contribution in [0, 0.1) is 0 Å². The molecule has 1 aromatic heterocycles. The van der Waals surface area contributed by atoms with Crippen molar-refractivity contribution in [2.45, 2.75) is 33.0 Å². The molecule has 0 saturated heterocycles. The molecule has 1 rings (SSSR count). The van der Waals surface area contributed by atoms with Crippen molar-refractivity contribution in [1.82, 2.24) is 10.2 Å². The van der Waals surface area contributed by atoms with Crippen molar-refractivity contribution in [2.24, 2.45) is 0 Å². The predicted octanol–water partition coefficient (Wildman–Crippen LogP) is 1.86. The zero-order valence-corrected chi connectivity index (χ0v) is 11.3. The van der Waals surface area contributed by atoms with Crippen LogP contribution in [0.1, 0.15) is 25.2 Å². The van der Waals surface area contributed by atoms with Gasteiger partial charge < -0.3 is 14.5 Å². The van der Waals surface area contributed by atoms with Crippen LogP contribution in [0.4, 0.5) is 0 Å². The molecule has 0 radical (unpaired) electrons. The summed E-state index contributed by atoms with van der Waals surface area (Å²) < 4.78 is 10.8. The molecule has 1 heterocycles. The summed E-state index contributed by atoms with van der Waals surface area (Å²) in [6, 6.07) is 2.11. The Morgan fingerprint density at radius 1 is 1.53 bits per heavy atom. The van der Waals surface area contributed by atoms with E-state index in [0.29, 0.717) is 0 Å². The van der Waals surface area contributed by atoms with E-state index in [4.69, 9.17) is 9.15 Å². The molecule has 0 aromatic carbocycles. The molecule has 4 nitrogen and oxygen atoms in total. The molecule has 0 aliphatic rings. The summed E-state index contributed by atoms with van der Waals surface area (Å²) in [5, 5.41) is 3.28. The second kappa shape index (κ2) is 7.48. The molecule has 0 aliphatic carbocycles. The van der Waals surface area contributed by atoms with Gasteiger partial charge in [-0.15, -0.1) is 0 Å². The number of likely N-dealkylation sites (N-methyl/N-ethyl adjacent to an activating group) is 1. The van der Waals surface area contributed by atoms with Crippen molar-refractivity contribution in [3.8, 4) is 0 Å². The number of methoxy groups -OCH3 is 1. The smallest absolute Gasteiger partial charge is 0.118 e. The summed E-state index contributed by atoms with van der Waals surface area (Å²) in [5.74, 6) is 1.00. The molecule has 0 aliphatic heterocycles. The van der Waals surface area contributed by atoms with Gasteiger partial charge in [-0.3, -0.25) is 4.90 Å². The van der Waals surface area contributed by atoms with Gasteiger partial charge in [0.25, 0.3) is 0 Å². The summed E-state index contributed by atoms with van der Waals surface area (Å²) in [7, 11) is 3.81. The third-order valence-corrected chi connectivity index (χ3v) is 2.68. The first kappa shape index (κ1) is 14.2. The molecule has 0 spiro atoms. The van der Waals surface area contributed by atoms with E-state index in [0.717, 1.165) is 31.9 Å². The molecule has 17 heavy (non-hydrogen) atoms. The average molecular weight is 240 g/mol. The maximum Gasteiger partial charge on any atom is 0.118 e. The SMILES string of the molecule is CCNCc1coc(CN(C)CC(C)OC)c1. The highest BCUT2D eigenvalue weighted by molar-refractivity contribution is 5.12. The van der Waals surface area contributed by atoms with Gasteiger partial charge in [0.05, 0.1) is 18.9 Å². The Kier molecular flexibility index (Phi) is 6.26. The van der Waals surface area contributed by atoms with Gasteiger partial charge in [0.15, 0.2) is 0 Å². The molecule has 1 aromatic rings. The lowest BCUT2D eigenvalue weighted by molar-refractivity contribution is 0.0816. The Bertz CT molecular complexity index is 312. The van der Waals surface area contributed by atoms with Crippen molar-refractivity contribution in [3.63, 3.8) is 0 Å². The van der Waals surface area contributed by atoms with Gasteiger partial charge in [-0.05, 0) is 26.6 Å². The fraction of sp³-hybridized carbons (Fsp3) is 0.692. The van der Waals surface area contributed by atoms with Gasteiger partial charge in [0.2, 0.25) is 0 Å². The molecule has 1 N–H and O–H groups in total. The fourth-order valence-corrected chi connectivity index (χ4v) is 1.72. The highest BCUT2D eigenvalue weighted by atomic mass is 16.5. The predicted molar refractivity (Wildman–Crippen MR) is 68.9 cm³/mol. The maximum absolute atomic E-state index is 5.53. The van der Waals surface area contributed by atoms with Crippen LogP contribution in [0.2, 0.25) is 0 Å². The fourth-order valence-electron chi connectivity index (χ4n) is 1.72. The van der Waals surface area contributed by atoms with Crippen molar-refractivity contribution < 1.29 is 9.15 Å². The van der Waals surface area contributed by atoms with Crippen LogP contribution < -0.4 is 5.32 Å². The van der Waals surface area contributed by atoms with Crippen molar-refractivity contribution in [3.05, 3.63) is 23.7 Å². The molecule has 0 amide bonds. The number of ether oxygens (including phenoxy) is 1. The van der Waals surface area contributed by atoms with Crippen molar-refractivity contribution >= 4 is 0 Å². The first-order chi connectivity index (χ1) is 8.15. The number of nitrogens with zero attached hydrogens (tertiary/aromatic N) is 1. The largest absolute Gasteiger partial charge is 0.468 e. The Labute approximate surface area is 104 Å². The van der Waals surface area contributed by atoms with Crippen molar-refractivity contribution in [2.75, 3.05) is 27.2 Å². The molecular weight excluding hydrogens is 216 g/mol. The van der Waals surface area contributed by atoms with Gasteiger partial charge in [-0.2, -0.15) is 0 Å². The number of hydrogen-bond acceptors (Lipinski definition) is 4. The maximum atomic E-state index is 5.53. The van der Waals surface area contributed by atoms with E-state index in [-0.39, 0.29) is 6.10 Å². The van der Waals surface area contributed by atoms with E-state index in [1.807, 2.05) is 6.26 Å². The van der Waals surface area contributed by atoms with Gasteiger partial charge in [-0.25, -0.2) is 0 Å². The van der Waals surface area contributed by atoms with Crippen LogP contribution in [0.15, 0.2) is 16.7 Å². The van der Waals surface area contributed by atoms with Gasteiger partial charge in [0, 0.05) is 25.8 Å². The van der Waals surface area contributed by atoms with Crippen LogP contribution >= 0.6 is 0 Å². The second-order valence-corrected chi connectivity index (χ2v) is 4.44. The summed E-state index contributed by atoms with van der Waals surface area (Å²) >= 11 is 0. The Morgan fingerprint density at radius 2 is 2.29 bits per heavy atom. The lowest BCUT2D eigenvalue weighted by Gasteiger charge is -2.18. The Hall–Kier alpha value is -0.840. The van der Waals surface area contributed by atoms with Crippen LogP contribution in [-0.2, 0) is 17.8 Å². The molecule has 1 atom stereocenters. The first-order valence-corrected chi connectivity index (χ1v) is 6.14. The van der Waals surface area contributed by atoms with E-state index in [1.165, 1.54) is 5.56 Å². The molecule has 4 heteroatoms. The van der Waals surface area contributed by atoms with Gasteiger partial charge in [-0.1, -0.05) is 6.92 Å². The quantitative estimate of drug-likeness (QED) is 0.752. The molecule has 1 unspecified atom stereocenters. The topological polar surface area (TPSA) is 37.6 Å². The van der Waals surface area contributed by atoms with Crippen LogP contribution in [0.3, 0.4) is 0 Å². The van der Waals surface area contributed by atoms with E-state index < -0.39 is 0 Å². The molecule has 0 saturated carbocycles. The number of nitrogens with one attached hydrogen (secondary N) is 1. The summed E-state index contributed by atoms with van der Waals surface area (Å²) in [5.41, 5.74) is 1.20. The summed E-state index contributed by atoms with van der Waals surface area (Å²) in [6.45, 7) is 7.74. The highest BCUT2D eigenvalue weighted by Gasteiger charge is 2.08. The van der Waals surface area contributed by atoms with Crippen LogP contribution in [0.5, 0.6) is 0 Å². The minimum atomic E-state index is 0.246. The average Bonchev–Trinajstić information content (AvgIpc) is 2.73. The van der Waals surface area contributed by atoms with Crippen molar-refractivity contribution in [1.29, 1.82) is 0 Å². The number of rotatable bonds is 8. The van der Waals surface area contributed by atoms with E-state index in [9.17, 15) is 0 Å². The van der Waals surface area contributed by atoms with E-state index in [2.05, 4.69) is 37.2 Å². The summed E-state index contributed by atoms with van der Waals surface area (Å²) in [4.78, 5) is 2.20. The van der Waals surface area contributed by atoms with Crippen LogP contribution in [-0.4, -0.2) is 38.3 Å². The first-order valence-electron chi connectivity index (χ1n) is 6.14.